The van der Waals surface area contributed by atoms with Crippen LogP contribution in [0.5, 0.6) is 0 Å². The van der Waals surface area contributed by atoms with Crippen molar-refractivity contribution >= 4 is 11.6 Å². The molecular formula is C14H24N4. The zero-order valence-electron chi connectivity index (χ0n) is 11.7. The highest BCUT2D eigenvalue weighted by Gasteiger charge is 2.30. The van der Waals surface area contributed by atoms with Crippen LogP contribution < -0.4 is 11.1 Å². The van der Waals surface area contributed by atoms with E-state index >= 15 is 0 Å². The van der Waals surface area contributed by atoms with E-state index in [0.29, 0.717) is 17.3 Å². The van der Waals surface area contributed by atoms with Gasteiger partial charge >= 0.3 is 0 Å². The van der Waals surface area contributed by atoms with Crippen LogP contribution in [0.3, 0.4) is 0 Å². The van der Waals surface area contributed by atoms with Crippen molar-refractivity contribution in [1.82, 2.24) is 9.97 Å². The molecule has 1 heterocycles. The summed E-state index contributed by atoms with van der Waals surface area (Å²) in [6, 6.07) is 2.36. The number of rotatable bonds is 4. The molecule has 1 unspecified atom stereocenters. The summed E-state index contributed by atoms with van der Waals surface area (Å²) in [5.74, 6) is 2.29. The van der Waals surface area contributed by atoms with Gasteiger partial charge < -0.3 is 11.1 Å². The van der Waals surface area contributed by atoms with E-state index in [1.54, 1.807) is 0 Å². The second-order valence-electron chi connectivity index (χ2n) is 6.09. The maximum absolute atomic E-state index is 5.83. The van der Waals surface area contributed by atoms with Crippen molar-refractivity contribution in [3.05, 3.63) is 11.9 Å². The first-order chi connectivity index (χ1) is 8.48. The van der Waals surface area contributed by atoms with Gasteiger partial charge in [-0.05, 0) is 31.1 Å². The molecule has 0 amide bonds. The molecule has 0 radical (unpaired) electrons. The minimum absolute atomic E-state index is 0.447. The van der Waals surface area contributed by atoms with Crippen LogP contribution in [0.15, 0.2) is 6.07 Å². The van der Waals surface area contributed by atoms with Crippen molar-refractivity contribution in [3.8, 4) is 0 Å². The van der Waals surface area contributed by atoms with Crippen LogP contribution in [0.2, 0.25) is 0 Å². The van der Waals surface area contributed by atoms with E-state index in [9.17, 15) is 0 Å². The number of hydrogen-bond donors (Lipinski definition) is 2. The van der Waals surface area contributed by atoms with E-state index in [1.165, 1.54) is 19.3 Å². The number of aromatic nitrogens is 2. The number of hydrogen-bond acceptors (Lipinski definition) is 4. The summed E-state index contributed by atoms with van der Waals surface area (Å²) in [4.78, 5) is 8.79. The van der Waals surface area contributed by atoms with Gasteiger partial charge in [0.15, 0.2) is 0 Å². The third kappa shape index (κ3) is 3.34. The number of nitrogens with one attached hydrogen (secondary N) is 1. The van der Waals surface area contributed by atoms with Crippen molar-refractivity contribution in [2.75, 3.05) is 11.1 Å². The molecule has 1 aromatic rings. The Morgan fingerprint density at radius 3 is 2.83 bits per heavy atom. The lowest BCUT2D eigenvalue weighted by Gasteiger charge is -2.18. The Bertz CT molecular complexity index is 414. The molecule has 1 atom stereocenters. The van der Waals surface area contributed by atoms with E-state index in [2.05, 4.69) is 36.1 Å². The second-order valence-corrected chi connectivity index (χ2v) is 6.09. The van der Waals surface area contributed by atoms with Gasteiger partial charge in [0.2, 0.25) is 0 Å². The Kier molecular flexibility index (Phi) is 3.73. The number of nitrogens with zero attached hydrogens (tertiary/aromatic N) is 2. The average Bonchev–Trinajstić information content (AvgIpc) is 2.57. The largest absolute Gasteiger partial charge is 0.384 e. The van der Waals surface area contributed by atoms with Gasteiger partial charge in [0.1, 0.15) is 17.5 Å². The lowest BCUT2D eigenvalue weighted by Crippen LogP contribution is -2.19. The highest BCUT2D eigenvalue weighted by atomic mass is 15.1. The third-order valence-electron chi connectivity index (χ3n) is 3.59. The van der Waals surface area contributed by atoms with Crippen LogP contribution in [-0.2, 0) is 6.42 Å². The van der Waals surface area contributed by atoms with Crippen LogP contribution >= 0.6 is 0 Å². The minimum Gasteiger partial charge on any atom is -0.384 e. The molecule has 1 saturated carbocycles. The van der Waals surface area contributed by atoms with Gasteiger partial charge in [0, 0.05) is 18.5 Å². The molecule has 1 aliphatic carbocycles. The molecule has 2 rings (SSSR count). The summed E-state index contributed by atoms with van der Waals surface area (Å²) in [7, 11) is 0. The molecule has 100 valence electrons. The fourth-order valence-electron chi connectivity index (χ4n) is 2.70. The van der Waals surface area contributed by atoms with Crippen LogP contribution in [0.1, 0.15) is 52.3 Å². The molecule has 0 aromatic carbocycles. The topological polar surface area (TPSA) is 63.8 Å². The number of aryl methyl sites for hydroxylation is 1. The number of nitrogen functional groups attached to an aromatic ring is 1. The van der Waals surface area contributed by atoms with Gasteiger partial charge in [-0.15, -0.1) is 0 Å². The van der Waals surface area contributed by atoms with E-state index in [1.807, 2.05) is 6.07 Å². The molecular weight excluding hydrogens is 224 g/mol. The molecule has 4 nitrogen and oxygen atoms in total. The van der Waals surface area contributed by atoms with E-state index < -0.39 is 0 Å². The minimum atomic E-state index is 0.447. The Labute approximate surface area is 109 Å². The van der Waals surface area contributed by atoms with Crippen LogP contribution in [0, 0.1) is 5.41 Å². The molecule has 0 bridgehead atoms. The maximum atomic E-state index is 5.83. The first kappa shape index (κ1) is 13.1. The Hall–Kier alpha value is -1.32. The predicted molar refractivity (Wildman–Crippen MR) is 75.5 cm³/mol. The molecule has 4 heteroatoms. The van der Waals surface area contributed by atoms with Gasteiger partial charge in [-0.1, -0.05) is 20.8 Å². The van der Waals surface area contributed by atoms with Gasteiger partial charge in [0.05, 0.1) is 0 Å². The van der Waals surface area contributed by atoms with Crippen molar-refractivity contribution in [2.45, 2.75) is 58.9 Å². The third-order valence-corrected chi connectivity index (χ3v) is 3.59. The summed E-state index contributed by atoms with van der Waals surface area (Å²) >= 11 is 0. The average molecular weight is 248 g/mol. The van der Waals surface area contributed by atoms with Crippen molar-refractivity contribution < 1.29 is 0 Å². The van der Waals surface area contributed by atoms with Crippen molar-refractivity contribution in [1.29, 1.82) is 0 Å². The fraction of sp³-hybridized carbons (Fsp3) is 0.714. The molecule has 3 N–H and O–H groups in total. The molecule has 0 spiro atoms. The smallest absolute Gasteiger partial charge is 0.133 e. The van der Waals surface area contributed by atoms with Crippen molar-refractivity contribution in [3.63, 3.8) is 0 Å². The number of anilines is 2. The summed E-state index contributed by atoms with van der Waals surface area (Å²) in [6.07, 6.45) is 5.60. The van der Waals surface area contributed by atoms with E-state index in [-0.39, 0.29) is 0 Å². The fourth-order valence-corrected chi connectivity index (χ4v) is 2.70. The first-order valence-electron chi connectivity index (χ1n) is 6.88. The van der Waals surface area contributed by atoms with Crippen molar-refractivity contribution in [2.24, 2.45) is 5.41 Å². The monoisotopic (exact) mass is 248 g/mol. The molecule has 18 heavy (non-hydrogen) atoms. The zero-order valence-corrected chi connectivity index (χ0v) is 11.7. The number of nitrogens with two attached hydrogens (primary N) is 1. The van der Waals surface area contributed by atoms with Gasteiger partial charge in [-0.3, -0.25) is 0 Å². The zero-order chi connectivity index (χ0) is 13.2. The predicted octanol–water partition coefficient (Wildman–Crippen LogP) is 3.00. The summed E-state index contributed by atoms with van der Waals surface area (Å²) in [5.41, 5.74) is 6.27. The lowest BCUT2D eigenvalue weighted by molar-refractivity contribution is 0.378. The Balaban J connectivity index is 2.05. The highest BCUT2D eigenvalue weighted by molar-refractivity contribution is 5.45. The van der Waals surface area contributed by atoms with E-state index in [4.69, 9.17) is 5.73 Å². The molecule has 0 aliphatic heterocycles. The van der Waals surface area contributed by atoms with Crippen LogP contribution in [-0.4, -0.2) is 16.0 Å². The normalized spacial score (nSPS) is 22.1. The molecule has 1 aliphatic rings. The molecule has 1 aromatic heterocycles. The van der Waals surface area contributed by atoms with E-state index in [0.717, 1.165) is 24.5 Å². The Morgan fingerprint density at radius 2 is 2.22 bits per heavy atom. The molecule has 0 saturated heterocycles. The maximum Gasteiger partial charge on any atom is 0.133 e. The summed E-state index contributed by atoms with van der Waals surface area (Å²) in [6.45, 7) is 6.77. The quantitative estimate of drug-likeness (QED) is 0.859. The van der Waals surface area contributed by atoms with Crippen LogP contribution in [0.4, 0.5) is 11.6 Å². The van der Waals surface area contributed by atoms with Gasteiger partial charge in [-0.2, -0.15) is 0 Å². The van der Waals surface area contributed by atoms with Crippen LogP contribution in [0.25, 0.3) is 0 Å². The lowest BCUT2D eigenvalue weighted by atomic mass is 9.92. The SMILES string of the molecule is CCCc1nc(N)cc(NC2CCC(C)(C)C2)n1. The Morgan fingerprint density at radius 1 is 1.44 bits per heavy atom. The second kappa shape index (κ2) is 5.12. The standard InChI is InChI=1S/C14H24N4/c1-4-5-12-17-11(15)8-13(18-12)16-10-6-7-14(2,3)9-10/h8,10H,4-7,9H2,1-3H3,(H3,15,16,17,18). The summed E-state index contributed by atoms with van der Waals surface area (Å²) < 4.78 is 0. The molecule has 1 fully saturated rings. The first-order valence-corrected chi connectivity index (χ1v) is 6.88. The van der Waals surface area contributed by atoms with Gasteiger partial charge in [-0.25, -0.2) is 9.97 Å². The summed E-state index contributed by atoms with van der Waals surface area (Å²) in [5, 5.41) is 3.50. The van der Waals surface area contributed by atoms with Gasteiger partial charge in [0.25, 0.3) is 0 Å². The highest BCUT2D eigenvalue weighted by Crippen LogP contribution is 2.38.